The van der Waals surface area contributed by atoms with E-state index in [4.69, 9.17) is 37.5 Å². The van der Waals surface area contributed by atoms with E-state index < -0.39 is 24.1 Å². The average molecular weight is 1760 g/mol. The van der Waals surface area contributed by atoms with Gasteiger partial charge in [-0.2, -0.15) is 0 Å². The second kappa shape index (κ2) is 33.4. The fourth-order valence-corrected chi connectivity index (χ4v) is 21.2. The van der Waals surface area contributed by atoms with Crippen LogP contribution >= 0.6 is 0 Å². The van der Waals surface area contributed by atoms with Crippen molar-refractivity contribution in [1.82, 2.24) is 24.9 Å². The van der Waals surface area contributed by atoms with Crippen molar-refractivity contribution in [2.45, 2.75) is 180 Å². The molecule has 0 saturated heterocycles. The number of furan rings is 5. The maximum Gasteiger partial charge on any atom is 0.159 e. The van der Waals surface area contributed by atoms with Crippen molar-refractivity contribution in [3.8, 4) is 0 Å². The van der Waals surface area contributed by atoms with Crippen molar-refractivity contribution in [1.29, 1.82) is 0 Å². The molecule has 5 unspecified atom stereocenters. The third kappa shape index (κ3) is 13.7. The number of hydrogen-bond acceptors (Lipinski definition) is 20. The molecule has 5 aliphatic rings. The lowest BCUT2D eigenvalue weighted by atomic mass is 10.1. The van der Waals surface area contributed by atoms with Gasteiger partial charge in [-0.3, -0.25) is 0 Å². The smallest absolute Gasteiger partial charge is 0.159 e. The Hall–Kier alpha value is -15.1. The summed E-state index contributed by atoms with van der Waals surface area (Å²) in [6, 6.07) is 79.2. The Kier molecular flexibility index (Phi) is 20.1. The molecule has 0 amide bonds. The first-order chi connectivity index (χ1) is 65.7. The lowest BCUT2D eigenvalue weighted by molar-refractivity contribution is 0.598. The zero-order valence-electron chi connectivity index (χ0n) is 82.6. The van der Waals surface area contributed by atoms with E-state index in [-0.39, 0.29) is 30.8 Å². The highest BCUT2D eigenvalue weighted by Crippen LogP contribution is 2.55. The SMILES string of the molecule is Cc1ccc2c(oc3ccccc32)c1N1c2cccnc2N(C)C1C.[2H]C(C)(C)N1c2cccnc2N(c2c(C)ccc3c2oc2ccccc23)C1C.[2H]C(C)(C)N1c2cccnc2N(c2c(C)ccc3c2oc2ccccc23)C1C.[2H]C(C)(C)N1c2ncccc2N(c2c(C)ccc3c2oc2ccccc23)C1C.[2H]C(C)(C)N1c2ncccc2N(c2c(C)ccc3c2oc2ccccc23)C1C. The summed E-state index contributed by atoms with van der Waals surface area (Å²) in [5, 5.41) is 11.2. The van der Waals surface area contributed by atoms with Gasteiger partial charge in [0, 0.05) is 116 Å². The number of benzene rings is 10. The van der Waals surface area contributed by atoms with Crippen LogP contribution in [0, 0.1) is 34.6 Å². The first-order valence-corrected chi connectivity index (χ1v) is 45.8. The predicted octanol–water partition coefficient (Wildman–Crippen LogP) is 29.2. The Morgan fingerprint density at radius 3 is 0.722 bits per heavy atom. The maximum absolute atomic E-state index is 8.70. The van der Waals surface area contributed by atoms with Gasteiger partial charge in [-0.25, -0.2) is 24.9 Å². The summed E-state index contributed by atoms with van der Waals surface area (Å²) >= 11 is 0. The first kappa shape index (κ1) is 80.1. The van der Waals surface area contributed by atoms with Crippen LogP contribution in [-0.2, 0) is 0 Å². The van der Waals surface area contributed by atoms with Gasteiger partial charge in [-0.15, -0.1) is 0 Å². The molecule has 0 fully saturated rings. The normalized spacial score (nSPS) is 17.5. The van der Waals surface area contributed by atoms with Crippen molar-refractivity contribution >= 4 is 196 Å². The Labute approximate surface area is 780 Å². The second-order valence-electron chi connectivity index (χ2n) is 36.1. The topological polar surface area (TPSA) is 163 Å². The summed E-state index contributed by atoms with van der Waals surface area (Å²) in [7, 11) is 2.09. The predicted molar refractivity (Wildman–Crippen MR) is 550 cm³/mol. The molecule has 20 nitrogen and oxygen atoms in total. The van der Waals surface area contributed by atoms with Crippen LogP contribution in [0.1, 0.15) is 123 Å². The summed E-state index contributed by atoms with van der Waals surface area (Å²) in [6.07, 6.45) is 8.99. The number of fused-ring (bicyclic) bond motifs is 20. The van der Waals surface area contributed by atoms with Gasteiger partial charge < -0.3 is 71.1 Å². The van der Waals surface area contributed by atoms with Gasteiger partial charge >= 0.3 is 0 Å². The van der Waals surface area contributed by atoms with Crippen molar-refractivity contribution in [3.63, 3.8) is 0 Å². The zero-order valence-corrected chi connectivity index (χ0v) is 78.6. The van der Waals surface area contributed by atoms with E-state index >= 15 is 0 Å². The van der Waals surface area contributed by atoms with Crippen LogP contribution in [0.5, 0.6) is 0 Å². The molecule has 20 aromatic rings. The molecule has 668 valence electrons. The molecule has 5 atom stereocenters. The van der Waals surface area contributed by atoms with E-state index in [1.54, 1.807) is 12.4 Å². The summed E-state index contributed by atoms with van der Waals surface area (Å²) in [6.45, 7) is 36.5. The number of pyridine rings is 5. The van der Waals surface area contributed by atoms with E-state index in [0.29, 0.717) is 0 Å². The van der Waals surface area contributed by atoms with Crippen molar-refractivity contribution in [2.75, 3.05) is 56.0 Å². The number of nitrogens with zero attached hydrogens (tertiary/aromatic N) is 15. The molecule has 5 aliphatic heterocycles. The molecule has 0 bridgehead atoms. The van der Waals surface area contributed by atoms with Crippen LogP contribution in [0.15, 0.2) is 296 Å². The summed E-state index contributed by atoms with van der Waals surface area (Å²) in [5.74, 6) is 4.41. The van der Waals surface area contributed by atoms with E-state index in [0.717, 1.165) is 218 Å². The number of para-hydroxylation sites is 5. The van der Waals surface area contributed by atoms with Gasteiger partial charge in [0.15, 0.2) is 57.0 Å². The lowest BCUT2D eigenvalue weighted by Crippen LogP contribution is -2.42. The van der Waals surface area contributed by atoms with Gasteiger partial charge in [0.05, 0.1) is 62.4 Å². The number of rotatable bonds is 9. The Morgan fingerprint density at radius 1 is 0.233 bits per heavy atom. The van der Waals surface area contributed by atoms with E-state index in [9.17, 15) is 0 Å². The molecule has 10 aromatic heterocycles. The highest BCUT2D eigenvalue weighted by Gasteiger charge is 2.44. The standard InChI is InChI=1S/4C23H23N3O.C21H19N3O/c2*1-14(2)25-16(4)26(19-9-7-13-24-23(19)25)21-15(3)11-12-18-17-8-5-6-10-20(17)27-22(18)21;2*1-14(2)25-16(4)26(23-19(25)9-7-13-24-23)21-15(3)11-12-18-17-8-5-6-10-20(17)27-22(18)21;1-13-10-11-16-15-7-4-5-9-18(15)25-20(16)19(13)24-14(2)23(3)21-17(24)8-6-12-22-21/h4*5-14,16H,1-4H3;4-12,14H,1-3H3/i4*14D;. The Balaban J connectivity index is 0.000000102. The Morgan fingerprint density at radius 2 is 0.451 bits per heavy atom. The molecule has 20 heteroatoms. The number of aryl methyl sites for hydroxylation is 5. The fourth-order valence-electron chi connectivity index (χ4n) is 21.2. The summed E-state index contributed by atoms with van der Waals surface area (Å²) < 4.78 is 66.4. The largest absolute Gasteiger partial charge is 0.454 e. The molecular formula is C113H111N15O5. The first-order valence-electron chi connectivity index (χ1n) is 47.8. The maximum atomic E-state index is 8.70. The minimum atomic E-state index is -0.799. The highest BCUT2D eigenvalue weighted by molar-refractivity contribution is 6.16. The molecule has 0 radical (unpaired) electrons. The van der Waals surface area contributed by atoms with Crippen LogP contribution in [0.2, 0.25) is 0 Å². The highest BCUT2D eigenvalue weighted by atomic mass is 16.3. The van der Waals surface area contributed by atoms with Gasteiger partial charge in [-0.1, -0.05) is 152 Å². The lowest BCUT2D eigenvalue weighted by Gasteiger charge is -2.33. The van der Waals surface area contributed by atoms with Crippen LogP contribution in [0.25, 0.3) is 110 Å². The summed E-state index contributed by atoms with van der Waals surface area (Å²) in [5.41, 5.74) is 25.0. The zero-order chi connectivity index (χ0) is 95.6. The second-order valence-corrected chi connectivity index (χ2v) is 36.1. The third-order valence-electron chi connectivity index (χ3n) is 27.0. The fraction of sp³-hybridized carbons (Fsp3) is 0.248. The molecule has 0 spiro atoms. The van der Waals surface area contributed by atoms with Gasteiger partial charge in [-0.05, 0) is 243 Å². The minimum absolute atomic E-state index is 0.0603. The molecule has 15 heterocycles. The molecule has 25 rings (SSSR count). The van der Waals surface area contributed by atoms with Gasteiger partial charge in [0.25, 0.3) is 0 Å². The van der Waals surface area contributed by atoms with Crippen LogP contribution in [-0.4, -0.2) is 86.9 Å². The van der Waals surface area contributed by atoms with Crippen molar-refractivity contribution < 1.29 is 27.6 Å². The number of aromatic nitrogens is 5. The van der Waals surface area contributed by atoms with E-state index in [1.807, 2.05) is 201 Å². The molecule has 133 heavy (non-hydrogen) atoms. The van der Waals surface area contributed by atoms with Crippen molar-refractivity contribution in [2.24, 2.45) is 0 Å². The van der Waals surface area contributed by atoms with E-state index in [1.165, 1.54) is 5.56 Å². The van der Waals surface area contributed by atoms with Crippen molar-refractivity contribution in [3.05, 3.63) is 301 Å². The minimum Gasteiger partial charge on any atom is -0.454 e. The molecule has 0 aliphatic carbocycles. The van der Waals surface area contributed by atoms with Crippen LogP contribution in [0.4, 0.5) is 86.0 Å². The Bertz CT molecular complexity index is 7370. The van der Waals surface area contributed by atoms with E-state index in [2.05, 4.69) is 255 Å². The summed E-state index contributed by atoms with van der Waals surface area (Å²) in [4.78, 5) is 45.0. The molecule has 0 saturated carbocycles. The van der Waals surface area contributed by atoms with Crippen LogP contribution in [0.3, 0.4) is 0 Å². The quantitative estimate of drug-likeness (QED) is 0.134. The molecular weight excluding hydrogens is 1650 g/mol. The van der Waals surface area contributed by atoms with Gasteiger partial charge in [0.2, 0.25) is 0 Å². The number of anilines is 15. The molecule has 10 aromatic carbocycles. The number of hydrogen-bond donors (Lipinski definition) is 0. The average Bonchev–Trinajstić information content (AvgIpc) is 1.60. The molecule has 0 N–H and O–H groups in total. The van der Waals surface area contributed by atoms with Gasteiger partial charge in [0.1, 0.15) is 58.7 Å². The third-order valence-corrected chi connectivity index (χ3v) is 27.0. The van der Waals surface area contributed by atoms with Crippen LogP contribution < -0.4 is 49.0 Å². The monoisotopic (exact) mass is 1760 g/mol.